The van der Waals surface area contributed by atoms with Gasteiger partial charge >= 0.3 is 0 Å². The van der Waals surface area contributed by atoms with Crippen molar-refractivity contribution in [3.63, 3.8) is 0 Å². The molecule has 0 N–H and O–H groups in total. The van der Waals surface area contributed by atoms with Gasteiger partial charge in [-0.3, -0.25) is 19.6 Å². The number of fused-ring (bicyclic) bond motifs is 1. The van der Waals surface area contributed by atoms with Gasteiger partial charge in [-0.05, 0) is 241 Å². The summed E-state index contributed by atoms with van der Waals surface area (Å²) in [6.45, 7) is 0. The minimum absolute atomic E-state index is 0.836. The third-order valence-corrected chi connectivity index (χ3v) is 26.3. The fourth-order valence-electron chi connectivity index (χ4n) is 22.4. The number of hydrogen-bond acceptors (Lipinski definition) is 4. The second kappa shape index (κ2) is 29.4. The van der Waals surface area contributed by atoms with E-state index in [1.54, 1.807) is 12.8 Å². The Hall–Kier alpha value is -0.680. The predicted octanol–water partition coefficient (Wildman–Crippen LogP) is 19.9. The maximum absolute atomic E-state index is 3.49. The zero-order valence-electron chi connectivity index (χ0n) is 51.3. The molecular formula is C74H126N4. The minimum atomic E-state index is 0.836. The molecule has 12 aliphatic carbocycles. The normalized spacial score (nSPS) is 39.0. The molecular weight excluding hydrogens is 945 g/mol. The first-order chi connectivity index (χ1) is 38.7. The Morgan fingerprint density at radius 2 is 0.359 bits per heavy atom. The van der Waals surface area contributed by atoms with Gasteiger partial charge in [0, 0.05) is 72.5 Å². The Balaban J connectivity index is 0.783. The minimum Gasteiger partial charge on any atom is -0.294 e. The lowest BCUT2D eigenvalue weighted by molar-refractivity contribution is -0.0873. The molecule has 0 heterocycles. The Labute approximate surface area is 483 Å². The molecule has 0 aromatic rings. The molecule has 0 aromatic carbocycles. The van der Waals surface area contributed by atoms with Crippen LogP contribution in [0.3, 0.4) is 0 Å². The van der Waals surface area contributed by atoms with E-state index in [0.29, 0.717) is 0 Å². The van der Waals surface area contributed by atoms with Gasteiger partial charge in [0.05, 0.1) is 0 Å². The Morgan fingerprint density at radius 3 is 0.628 bits per heavy atom. The van der Waals surface area contributed by atoms with Gasteiger partial charge in [0.2, 0.25) is 0 Å². The summed E-state index contributed by atoms with van der Waals surface area (Å²) < 4.78 is 0. The molecule has 4 unspecified atom stereocenters. The smallest absolute Gasteiger partial charge is 0.0133 e. The molecule has 442 valence electrons. The van der Waals surface area contributed by atoms with E-state index in [4.69, 9.17) is 0 Å². The van der Waals surface area contributed by atoms with Gasteiger partial charge in [-0.15, -0.1) is 0 Å². The molecule has 0 saturated heterocycles. The van der Waals surface area contributed by atoms with Gasteiger partial charge in [0.15, 0.2) is 0 Å². The standard InChI is InChI=1S/C74H126N4/c1-7-21-57(22-8-1)37-39-59-41-45-67(46-42-59)77(69-53-49-65(50-54-69)75(61-25-11-3-12-26-61)62-27-13-4-14-28-62)73-35-19-34-72-71(73)33-20-36-74(72)78(68-47-43-60(44-48-68)40-38-58-23-9-2-10-24-58)70-55-51-66(52-56-70)76(63-29-15-5-16-30-63)64-31-17-6-18-32-64/h37-40,57-74H,1-36,41-56H2. The summed E-state index contributed by atoms with van der Waals surface area (Å²) in [6.07, 6.45) is 88.8. The summed E-state index contributed by atoms with van der Waals surface area (Å²) in [5.74, 6) is 5.32. The van der Waals surface area contributed by atoms with E-state index in [1.165, 1.54) is 321 Å². The van der Waals surface area contributed by atoms with Crippen molar-refractivity contribution in [2.75, 3.05) is 0 Å². The summed E-state index contributed by atoms with van der Waals surface area (Å²) in [4.78, 5) is 13.6. The molecule has 0 bridgehead atoms. The molecule has 12 aliphatic rings. The van der Waals surface area contributed by atoms with Crippen LogP contribution in [-0.4, -0.2) is 92.1 Å². The van der Waals surface area contributed by atoms with Gasteiger partial charge in [-0.25, -0.2) is 0 Å². The Kier molecular flexibility index (Phi) is 21.8. The van der Waals surface area contributed by atoms with Crippen LogP contribution in [0.1, 0.15) is 334 Å². The van der Waals surface area contributed by atoms with Crippen molar-refractivity contribution in [2.45, 2.75) is 406 Å². The highest BCUT2D eigenvalue weighted by atomic mass is 15.3. The summed E-state index contributed by atoms with van der Waals surface area (Å²) in [7, 11) is 0. The second-order valence-corrected chi connectivity index (χ2v) is 30.9. The highest BCUT2D eigenvalue weighted by Crippen LogP contribution is 2.51. The summed E-state index contributed by atoms with van der Waals surface area (Å²) in [5.41, 5.74) is 0. The topological polar surface area (TPSA) is 13.0 Å². The van der Waals surface area contributed by atoms with Crippen molar-refractivity contribution in [3.8, 4) is 0 Å². The molecule has 0 radical (unpaired) electrons. The molecule has 4 atom stereocenters. The molecule has 0 amide bonds. The van der Waals surface area contributed by atoms with Crippen LogP contribution in [0.5, 0.6) is 0 Å². The number of nitrogens with zero attached hydrogens (tertiary/aromatic N) is 4. The van der Waals surface area contributed by atoms with Crippen molar-refractivity contribution in [1.82, 2.24) is 19.6 Å². The fraction of sp³-hybridized carbons (Fsp3) is 0.946. The van der Waals surface area contributed by atoms with Crippen molar-refractivity contribution in [2.24, 2.45) is 35.5 Å². The summed E-state index contributed by atoms with van der Waals surface area (Å²) in [5, 5.41) is 0. The van der Waals surface area contributed by atoms with Crippen molar-refractivity contribution in [3.05, 3.63) is 24.3 Å². The highest BCUT2D eigenvalue weighted by molar-refractivity contribution is 5.07. The van der Waals surface area contributed by atoms with Gasteiger partial charge in [-0.1, -0.05) is 153 Å². The maximum Gasteiger partial charge on any atom is 0.0133 e. The van der Waals surface area contributed by atoms with Crippen LogP contribution in [0.25, 0.3) is 0 Å². The largest absolute Gasteiger partial charge is 0.294 e. The molecule has 78 heavy (non-hydrogen) atoms. The van der Waals surface area contributed by atoms with Crippen LogP contribution in [-0.2, 0) is 0 Å². The zero-order valence-corrected chi connectivity index (χ0v) is 51.3. The van der Waals surface area contributed by atoms with Crippen LogP contribution in [0.4, 0.5) is 0 Å². The third kappa shape index (κ3) is 14.5. The van der Waals surface area contributed by atoms with Gasteiger partial charge < -0.3 is 0 Å². The molecule has 12 rings (SSSR count). The van der Waals surface area contributed by atoms with Crippen LogP contribution in [0.2, 0.25) is 0 Å². The Morgan fingerprint density at radius 1 is 0.154 bits per heavy atom. The Bertz CT molecular complexity index is 1570. The first-order valence-corrected chi connectivity index (χ1v) is 37.2. The maximum atomic E-state index is 3.49. The van der Waals surface area contributed by atoms with Crippen molar-refractivity contribution >= 4 is 0 Å². The average Bonchev–Trinajstić information content (AvgIpc) is 3.63. The molecule has 4 heteroatoms. The van der Waals surface area contributed by atoms with Crippen LogP contribution in [0.15, 0.2) is 24.3 Å². The van der Waals surface area contributed by atoms with Crippen LogP contribution in [0, 0.1) is 35.5 Å². The number of allylic oxidation sites excluding steroid dienone is 4. The second-order valence-electron chi connectivity index (χ2n) is 30.9. The van der Waals surface area contributed by atoms with E-state index < -0.39 is 0 Å². The molecule has 4 nitrogen and oxygen atoms in total. The molecule has 12 saturated carbocycles. The number of rotatable bonds is 16. The predicted molar refractivity (Wildman–Crippen MR) is 332 cm³/mol. The van der Waals surface area contributed by atoms with E-state index in [2.05, 4.69) is 43.9 Å². The van der Waals surface area contributed by atoms with E-state index in [1.807, 2.05) is 0 Å². The lowest BCUT2D eigenvalue weighted by Gasteiger charge is -2.59. The first-order valence-electron chi connectivity index (χ1n) is 37.2. The first kappa shape index (κ1) is 57.7. The zero-order chi connectivity index (χ0) is 52.3. The van der Waals surface area contributed by atoms with Gasteiger partial charge in [-0.2, -0.15) is 0 Å². The van der Waals surface area contributed by atoms with E-state index in [0.717, 1.165) is 108 Å². The van der Waals surface area contributed by atoms with E-state index >= 15 is 0 Å². The average molecular weight is 1070 g/mol. The summed E-state index contributed by atoms with van der Waals surface area (Å²) >= 11 is 0. The molecule has 0 aromatic heterocycles. The highest BCUT2D eigenvalue weighted by Gasteiger charge is 2.51. The van der Waals surface area contributed by atoms with Crippen molar-refractivity contribution in [1.29, 1.82) is 0 Å². The molecule has 0 aliphatic heterocycles. The van der Waals surface area contributed by atoms with Crippen LogP contribution < -0.4 is 0 Å². The third-order valence-electron chi connectivity index (χ3n) is 26.3. The lowest BCUT2D eigenvalue weighted by Crippen LogP contribution is -2.62. The van der Waals surface area contributed by atoms with Gasteiger partial charge in [0.25, 0.3) is 0 Å². The fourth-order valence-corrected chi connectivity index (χ4v) is 22.4. The lowest BCUT2D eigenvalue weighted by atomic mass is 9.63. The van der Waals surface area contributed by atoms with E-state index in [-0.39, 0.29) is 0 Å². The van der Waals surface area contributed by atoms with Crippen LogP contribution >= 0.6 is 0 Å². The quantitative estimate of drug-likeness (QED) is 0.143. The SMILES string of the molecule is C(=CC1CCC(N(C2CCC(N(C3CCCCC3)C3CCCCC3)CC2)C2CCCC3C2CCCC3N(C2CCC(C=CC3CCCCC3)CC2)C2CCC(N(C3CCCCC3)C3CCCCC3)CC2)CC1)C1CCCCC1. The monoisotopic (exact) mass is 1070 g/mol. The van der Waals surface area contributed by atoms with E-state index in [9.17, 15) is 0 Å². The van der Waals surface area contributed by atoms with Crippen molar-refractivity contribution < 1.29 is 0 Å². The van der Waals surface area contributed by atoms with Gasteiger partial charge in [0.1, 0.15) is 0 Å². The summed E-state index contributed by atoms with van der Waals surface area (Å²) in [6, 6.07) is 10.4. The number of hydrogen-bond donors (Lipinski definition) is 0. The molecule has 12 fully saturated rings. The molecule has 0 spiro atoms.